The minimum atomic E-state index is -3.77. The Kier molecular flexibility index (Phi) is 7.45. The van der Waals surface area contributed by atoms with Gasteiger partial charge in [0.15, 0.2) is 11.5 Å². The molecule has 32 heavy (non-hydrogen) atoms. The molecular weight excluding hydrogens is 432 g/mol. The number of nitrogens with zero attached hydrogens (tertiary/aromatic N) is 1. The van der Waals surface area contributed by atoms with Gasteiger partial charge in [0, 0.05) is 0 Å². The van der Waals surface area contributed by atoms with E-state index in [4.69, 9.17) is 14.2 Å². The van der Waals surface area contributed by atoms with Crippen LogP contribution in [0.15, 0.2) is 82.8 Å². The van der Waals surface area contributed by atoms with E-state index >= 15 is 0 Å². The number of benzene rings is 3. The molecule has 0 heterocycles. The van der Waals surface area contributed by atoms with Crippen LogP contribution in [0.2, 0.25) is 0 Å². The number of nitrogens with one attached hydrogen (secondary N) is 1. The Labute approximate surface area is 186 Å². The van der Waals surface area contributed by atoms with E-state index in [1.165, 1.54) is 25.5 Å². The fourth-order valence-electron chi connectivity index (χ4n) is 2.75. The van der Waals surface area contributed by atoms with Gasteiger partial charge in [0.25, 0.3) is 10.0 Å². The van der Waals surface area contributed by atoms with Gasteiger partial charge in [-0.05, 0) is 55.0 Å². The van der Waals surface area contributed by atoms with E-state index in [-0.39, 0.29) is 16.2 Å². The molecule has 3 aromatic carbocycles. The van der Waals surface area contributed by atoms with Crippen LogP contribution in [-0.4, -0.2) is 34.3 Å². The highest BCUT2D eigenvalue weighted by Crippen LogP contribution is 2.30. The second-order valence-corrected chi connectivity index (χ2v) is 8.06. The number of para-hydroxylation sites is 1. The van der Waals surface area contributed by atoms with E-state index in [1.54, 1.807) is 67.6 Å². The molecule has 9 heteroatoms. The highest BCUT2D eigenvalue weighted by atomic mass is 32.2. The second-order valence-electron chi connectivity index (χ2n) is 6.39. The molecule has 0 amide bonds. The molecule has 0 bridgehead atoms. The number of carbonyl (C=O) groups excluding carboxylic acids is 1. The summed E-state index contributed by atoms with van der Waals surface area (Å²) in [7, 11) is -2.30. The number of esters is 1. The van der Waals surface area contributed by atoms with Crippen molar-refractivity contribution in [3.8, 4) is 17.2 Å². The van der Waals surface area contributed by atoms with Crippen LogP contribution >= 0.6 is 0 Å². The van der Waals surface area contributed by atoms with Gasteiger partial charge in [-0.1, -0.05) is 30.3 Å². The molecule has 0 aliphatic rings. The van der Waals surface area contributed by atoms with Crippen LogP contribution in [0.4, 0.5) is 0 Å². The fourth-order valence-corrected chi connectivity index (χ4v) is 3.56. The molecule has 0 fully saturated rings. The predicted molar refractivity (Wildman–Crippen MR) is 120 cm³/mol. The molecular formula is C23H22N2O6S. The lowest BCUT2D eigenvalue weighted by Gasteiger charge is -2.12. The summed E-state index contributed by atoms with van der Waals surface area (Å²) < 4.78 is 40.8. The highest BCUT2D eigenvalue weighted by Gasteiger charge is 2.17. The van der Waals surface area contributed by atoms with Crippen molar-refractivity contribution in [1.82, 2.24) is 4.83 Å². The van der Waals surface area contributed by atoms with E-state index in [1.807, 2.05) is 0 Å². The summed E-state index contributed by atoms with van der Waals surface area (Å²) in [5.74, 6) is 0.320. The largest absolute Gasteiger partial charge is 0.496 e. The fraction of sp³-hybridized carbons (Fsp3) is 0.130. The van der Waals surface area contributed by atoms with Crippen molar-refractivity contribution in [3.63, 3.8) is 0 Å². The van der Waals surface area contributed by atoms with Crippen LogP contribution < -0.4 is 19.0 Å². The highest BCUT2D eigenvalue weighted by molar-refractivity contribution is 7.89. The van der Waals surface area contributed by atoms with Gasteiger partial charge in [0.1, 0.15) is 11.3 Å². The lowest BCUT2D eigenvalue weighted by Crippen LogP contribution is -2.18. The number of rotatable bonds is 9. The van der Waals surface area contributed by atoms with Crippen LogP contribution in [0.25, 0.3) is 0 Å². The number of ether oxygens (including phenoxy) is 3. The number of sulfonamides is 1. The summed E-state index contributed by atoms with van der Waals surface area (Å²) in [5, 5.41) is 3.81. The Hall–Kier alpha value is -3.85. The summed E-state index contributed by atoms with van der Waals surface area (Å²) in [6.07, 6.45) is 1.33. The molecule has 0 aliphatic heterocycles. The van der Waals surface area contributed by atoms with E-state index in [0.717, 1.165) is 0 Å². The van der Waals surface area contributed by atoms with E-state index in [2.05, 4.69) is 9.93 Å². The van der Waals surface area contributed by atoms with E-state index in [9.17, 15) is 13.2 Å². The summed E-state index contributed by atoms with van der Waals surface area (Å²) >= 11 is 0. The first kappa shape index (κ1) is 22.8. The van der Waals surface area contributed by atoms with Gasteiger partial charge in [-0.2, -0.15) is 13.5 Å². The van der Waals surface area contributed by atoms with Crippen LogP contribution in [0, 0.1) is 0 Å². The molecule has 0 atom stereocenters. The number of hydrazone groups is 1. The van der Waals surface area contributed by atoms with E-state index < -0.39 is 16.0 Å². The maximum Gasteiger partial charge on any atom is 0.347 e. The molecule has 0 saturated heterocycles. The van der Waals surface area contributed by atoms with Crippen molar-refractivity contribution in [2.45, 2.75) is 11.8 Å². The van der Waals surface area contributed by atoms with Gasteiger partial charge >= 0.3 is 5.97 Å². The average molecular weight is 455 g/mol. The minimum Gasteiger partial charge on any atom is -0.496 e. The molecule has 0 aliphatic carbocycles. The topological polar surface area (TPSA) is 103 Å². The van der Waals surface area contributed by atoms with Crippen molar-refractivity contribution >= 4 is 22.2 Å². The monoisotopic (exact) mass is 454 g/mol. The van der Waals surface area contributed by atoms with Gasteiger partial charge in [0.2, 0.25) is 0 Å². The summed E-state index contributed by atoms with van der Waals surface area (Å²) in [6.45, 7) is 2.13. The normalized spacial score (nSPS) is 11.2. The Bertz CT molecular complexity index is 1210. The number of hydrogen-bond acceptors (Lipinski definition) is 7. The second kappa shape index (κ2) is 10.5. The Morgan fingerprint density at radius 1 is 0.969 bits per heavy atom. The summed E-state index contributed by atoms with van der Waals surface area (Å²) in [6, 6.07) is 19.4. The first-order valence-corrected chi connectivity index (χ1v) is 11.1. The van der Waals surface area contributed by atoms with Crippen molar-refractivity contribution in [3.05, 3.63) is 83.9 Å². The van der Waals surface area contributed by atoms with Crippen molar-refractivity contribution in [2.24, 2.45) is 5.10 Å². The predicted octanol–water partition coefficient (Wildman–Crippen LogP) is 3.63. The van der Waals surface area contributed by atoms with Gasteiger partial charge in [0.05, 0.1) is 24.8 Å². The van der Waals surface area contributed by atoms with Crippen LogP contribution in [-0.2, 0) is 10.0 Å². The molecule has 1 N–H and O–H groups in total. The third kappa shape index (κ3) is 5.64. The lowest BCUT2D eigenvalue weighted by molar-refractivity contribution is 0.0725. The molecule has 8 nitrogen and oxygen atoms in total. The van der Waals surface area contributed by atoms with Crippen LogP contribution in [0.3, 0.4) is 0 Å². The van der Waals surface area contributed by atoms with Crippen molar-refractivity contribution in [2.75, 3.05) is 13.7 Å². The Morgan fingerprint density at radius 2 is 1.69 bits per heavy atom. The van der Waals surface area contributed by atoms with E-state index in [0.29, 0.717) is 23.7 Å². The molecule has 0 unspecified atom stereocenters. The average Bonchev–Trinajstić information content (AvgIpc) is 2.81. The summed E-state index contributed by atoms with van der Waals surface area (Å²) in [5.41, 5.74) is 0.819. The summed E-state index contributed by atoms with van der Waals surface area (Å²) in [4.78, 5) is 14.9. The zero-order chi connectivity index (χ0) is 23.0. The zero-order valence-electron chi connectivity index (χ0n) is 17.5. The van der Waals surface area contributed by atoms with Crippen molar-refractivity contribution in [1.29, 1.82) is 0 Å². The number of hydrogen-bond donors (Lipinski definition) is 1. The van der Waals surface area contributed by atoms with Gasteiger partial charge in [-0.3, -0.25) is 0 Å². The van der Waals surface area contributed by atoms with Gasteiger partial charge in [-0.25, -0.2) is 9.63 Å². The standard InChI is InChI=1S/C23H22N2O6S/c1-3-30-22-15-17(16-24-25-32(27,28)18-9-5-4-6-10-18)13-14-21(22)31-23(26)19-11-7-8-12-20(19)29-2/h4-16,25H,3H2,1-2H3. The molecule has 0 radical (unpaired) electrons. The smallest absolute Gasteiger partial charge is 0.347 e. The van der Waals surface area contributed by atoms with Gasteiger partial charge < -0.3 is 14.2 Å². The molecule has 3 rings (SSSR count). The van der Waals surface area contributed by atoms with Crippen LogP contribution in [0.1, 0.15) is 22.8 Å². The molecule has 0 saturated carbocycles. The Morgan fingerprint density at radius 3 is 2.41 bits per heavy atom. The van der Waals surface area contributed by atoms with Gasteiger partial charge in [-0.15, -0.1) is 0 Å². The Balaban J connectivity index is 1.77. The molecule has 0 spiro atoms. The minimum absolute atomic E-state index is 0.103. The lowest BCUT2D eigenvalue weighted by atomic mass is 10.2. The molecule has 0 aromatic heterocycles. The first-order valence-electron chi connectivity index (χ1n) is 9.66. The van der Waals surface area contributed by atoms with Crippen LogP contribution in [0.5, 0.6) is 17.2 Å². The quantitative estimate of drug-likeness (QED) is 0.229. The maximum atomic E-state index is 12.6. The maximum absolute atomic E-state index is 12.6. The third-order valence-electron chi connectivity index (χ3n) is 4.24. The molecule has 166 valence electrons. The SMILES string of the molecule is CCOc1cc(C=NNS(=O)(=O)c2ccccc2)ccc1OC(=O)c1ccccc1OC. The number of methoxy groups -OCH3 is 1. The van der Waals surface area contributed by atoms with Crippen molar-refractivity contribution < 1.29 is 27.4 Å². The first-order chi connectivity index (χ1) is 15.4. The zero-order valence-corrected chi connectivity index (χ0v) is 18.3. The molecule has 3 aromatic rings. The number of carbonyl (C=O) groups is 1. The third-order valence-corrected chi connectivity index (χ3v) is 5.48.